The number of nitrogens with two attached hydrogens (primary N) is 1. The van der Waals surface area contributed by atoms with Crippen molar-refractivity contribution in [2.45, 2.75) is 37.8 Å². The van der Waals surface area contributed by atoms with Crippen molar-refractivity contribution in [1.29, 1.82) is 0 Å². The lowest BCUT2D eigenvalue weighted by molar-refractivity contribution is 0.410. The molecule has 4 nitrogen and oxygen atoms in total. The fraction of sp³-hybridized carbons (Fsp3) is 0.600. The van der Waals surface area contributed by atoms with Gasteiger partial charge < -0.3 is 11.1 Å². The van der Waals surface area contributed by atoms with Crippen LogP contribution in [0.1, 0.15) is 25.7 Å². The molecule has 0 aliphatic heterocycles. The summed E-state index contributed by atoms with van der Waals surface area (Å²) in [6, 6.07) is 2.67. The van der Waals surface area contributed by atoms with Crippen LogP contribution in [0.2, 0.25) is 5.28 Å². The second kappa shape index (κ2) is 4.77. The molecule has 1 saturated carbocycles. The first-order valence-electron chi connectivity index (χ1n) is 5.25. The molecule has 5 heteroatoms. The minimum atomic E-state index is 0.285. The summed E-state index contributed by atoms with van der Waals surface area (Å²) < 4.78 is 0. The lowest BCUT2D eigenvalue weighted by atomic mass is 9.92. The van der Waals surface area contributed by atoms with Crippen molar-refractivity contribution in [3.63, 3.8) is 0 Å². The van der Waals surface area contributed by atoms with Crippen molar-refractivity contribution in [2.75, 3.05) is 5.32 Å². The van der Waals surface area contributed by atoms with Crippen molar-refractivity contribution in [3.8, 4) is 0 Å². The first-order valence-corrected chi connectivity index (χ1v) is 5.62. The van der Waals surface area contributed by atoms with Gasteiger partial charge in [0.05, 0.1) is 0 Å². The van der Waals surface area contributed by atoms with E-state index in [1.807, 2.05) is 6.07 Å². The third kappa shape index (κ3) is 3.04. The standard InChI is InChI=1S/C10H15ClN4/c11-10-13-6-5-9(15-10)14-8-3-1-7(12)2-4-8/h5-8H,1-4,12H2,(H,13,14,15). The molecule has 0 aromatic carbocycles. The highest BCUT2D eigenvalue weighted by Crippen LogP contribution is 2.20. The highest BCUT2D eigenvalue weighted by molar-refractivity contribution is 6.28. The molecule has 0 amide bonds. The maximum Gasteiger partial charge on any atom is 0.224 e. The lowest BCUT2D eigenvalue weighted by Gasteiger charge is -2.27. The van der Waals surface area contributed by atoms with Crippen LogP contribution in [0.3, 0.4) is 0 Å². The number of nitrogens with zero attached hydrogens (tertiary/aromatic N) is 2. The van der Waals surface area contributed by atoms with Gasteiger partial charge in [-0.25, -0.2) is 9.97 Å². The summed E-state index contributed by atoms with van der Waals surface area (Å²) in [5.74, 6) is 0.801. The Morgan fingerprint density at radius 2 is 2.07 bits per heavy atom. The largest absolute Gasteiger partial charge is 0.367 e. The number of hydrogen-bond acceptors (Lipinski definition) is 4. The van der Waals surface area contributed by atoms with E-state index in [1.54, 1.807) is 6.20 Å². The molecular weight excluding hydrogens is 212 g/mol. The quantitative estimate of drug-likeness (QED) is 0.755. The van der Waals surface area contributed by atoms with Crippen LogP contribution in [-0.2, 0) is 0 Å². The number of rotatable bonds is 2. The van der Waals surface area contributed by atoms with Gasteiger partial charge in [-0.05, 0) is 43.4 Å². The maximum atomic E-state index is 5.84. The van der Waals surface area contributed by atoms with E-state index in [-0.39, 0.29) is 5.28 Å². The molecule has 1 aliphatic carbocycles. The third-order valence-corrected chi connectivity index (χ3v) is 2.93. The van der Waals surface area contributed by atoms with E-state index in [1.165, 1.54) is 0 Å². The van der Waals surface area contributed by atoms with Crippen LogP contribution < -0.4 is 11.1 Å². The monoisotopic (exact) mass is 226 g/mol. The first kappa shape index (κ1) is 10.6. The molecule has 0 unspecified atom stereocenters. The predicted octanol–water partition coefficient (Wildman–Crippen LogP) is 1.81. The number of aromatic nitrogens is 2. The van der Waals surface area contributed by atoms with Crippen molar-refractivity contribution in [3.05, 3.63) is 17.5 Å². The summed E-state index contributed by atoms with van der Waals surface area (Å²) in [6.07, 6.45) is 6.02. The summed E-state index contributed by atoms with van der Waals surface area (Å²) in [5, 5.41) is 3.64. The molecule has 0 radical (unpaired) electrons. The molecule has 3 N–H and O–H groups in total. The molecule has 0 bridgehead atoms. The van der Waals surface area contributed by atoms with E-state index in [2.05, 4.69) is 15.3 Å². The van der Waals surface area contributed by atoms with Crippen LogP contribution in [0.4, 0.5) is 5.82 Å². The SMILES string of the molecule is NC1CCC(Nc2ccnc(Cl)n2)CC1. The average Bonchev–Trinajstić information content (AvgIpc) is 2.22. The van der Waals surface area contributed by atoms with E-state index in [9.17, 15) is 0 Å². The van der Waals surface area contributed by atoms with Gasteiger partial charge >= 0.3 is 0 Å². The molecule has 1 aromatic heterocycles. The van der Waals surface area contributed by atoms with Crippen LogP contribution in [-0.4, -0.2) is 22.1 Å². The minimum absolute atomic E-state index is 0.285. The van der Waals surface area contributed by atoms with E-state index in [0.29, 0.717) is 12.1 Å². The maximum absolute atomic E-state index is 5.84. The first-order chi connectivity index (χ1) is 7.24. The summed E-state index contributed by atoms with van der Waals surface area (Å²) in [6.45, 7) is 0. The van der Waals surface area contributed by atoms with Crippen LogP contribution in [0, 0.1) is 0 Å². The highest BCUT2D eigenvalue weighted by Gasteiger charge is 2.18. The van der Waals surface area contributed by atoms with Gasteiger partial charge in [-0.1, -0.05) is 0 Å². The van der Waals surface area contributed by atoms with Crippen molar-refractivity contribution in [1.82, 2.24) is 9.97 Å². The molecule has 1 heterocycles. The number of halogens is 1. The Hall–Kier alpha value is -0.870. The molecule has 1 aliphatic rings. The summed E-state index contributed by atoms with van der Waals surface area (Å²) in [5.41, 5.74) is 5.84. The second-order valence-electron chi connectivity index (χ2n) is 3.97. The Balaban J connectivity index is 1.92. The summed E-state index contributed by atoms with van der Waals surface area (Å²) in [4.78, 5) is 7.94. The molecule has 0 atom stereocenters. The molecule has 1 fully saturated rings. The third-order valence-electron chi connectivity index (χ3n) is 2.75. The van der Waals surface area contributed by atoms with Crippen LogP contribution in [0.15, 0.2) is 12.3 Å². The molecular formula is C10H15ClN4. The second-order valence-corrected chi connectivity index (χ2v) is 4.31. The Morgan fingerprint density at radius 3 is 2.73 bits per heavy atom. The van der Waals surface area contributed by atoms with Gasteiger partial charge in [0.2, 0.25) is 5.28 Å². The van der Waals surface area contributed by atoms with E-state index >= 15 is 0 Å². The zero-order chi connectivity index (χ0) is 10.7. The zero-order valence-corrected chi connectivity index (χ0v) is 9.24. The number of nitrogens with one attached hydrogen (secondary N) is 1. The minimum Gasteiger partial charge on any atom is -0.367 e. The van der Waals surface area contributed by atoms with Crippen LogP contribution >= 0.6 is 11.6 Å². The summed E-state index contributed by atoms with van der Waals surface area (Å²) in [7, 11) is 0. The Morgan fingerprint density at radius 1 is 1.33 bits per heavy atom. The van der Waals surface area contributed by atoms with Crippen LogP contribution in [0.25, 0.3) is 0 Å². The smallest absolute Gasteiger partial charge is 0.224 e. The van der Waals surface area contributed by atoms with E-state index < -0.39 is 0 Å². The highest BCUT2D eigenvalue weighted by atomic mass is 35.5. The van der Waals surface area contributed by atoms with Crippen molar-refractivity contribution >= 4 is 17.4 Å². The normalized spacial score (nSPS) is 26.3. The Kier molecular flexibility index (Phi) is 3.38. The number of hydrogen-bond donors (Lipinski definition) is 2. The van der Waals surface area contributed by atoms with Gasteiger partial charge in [0.25, 0.3) is 0 Å². The van der Waals surface area contributed by atoms with Gasteiger partial charge in [0, 0.05) is 18.3 Å². The molecule has 0 saturated heterocycles. The van der Waals surface area contributed by atoms with Gasteiger partial charge in [0.15, 0.2) is 0 Å². The van der Waals surface area contributed by atoms with Gasteiger partial charge in [0.1, 0.15) is 5.82 Å². The fourth-order valence-electron chi connectivity index (χ4n) is 1.89. The lowest BCUT2D eigenvalue weighted by Crippen LogP contribution is -2.33. The van der Waals surface area contributed by atoms with Crippen molar-refractivity contribution < 1.29 is 0 Å². The average molecular weight is 227 g/mol. The van der Waals surface area contributed by atoms with Crippen molar-refractivity contribution in [2.24, 2.45) is 5.73 Å². The molecule has 2 rings (SSSR count). The fourth-order valence-corrected chi connectivity index (χ4v) is 2.04. The number of anilines is 1. The molecule has 15 heavy (non-hydrogen) atoms. The van der Waals surface area contributed by atoms with E-state index in [4.69, 9.17) is 17.3 Å². The Bertz CT molecular complexity index is 323. The van der Waals surface area contributed by atoms with Gasteiger partial charge in [-0.3, -0.25) is 0 Å². The zero-order valence-electron chi connectivity index (χ0n) is 8.49. The molecule has 0 spiro atoms. The van der Waals surface area contributed by atoms with Crippen LogP contribution in [0.5, 0.6) is 0 Å². The van der Waals surface area contributed by atoms with Gasteiger partial charge in [-0.2, -0.15) is 0 Å². The van der Waals surface area contributed by atoms with E-state index in [0.717, 1.165) is 31.5 Å². The molecule has 1 aromatic rings. The predicted molar refractivity (Wildman–Crippen MR) is 60.9 cm³/mol. The topological polar surface area (TPSA) is 63.8 Å². The summed E-state index contributed by atoms with van der Waals surface area (Å²) >= 11 is 5.70. The Labute approximate surface area is 94.2 Å². The van der Waals surface area contributed by atoms with Gasteiger partial charge in [-0.15, -0.1) is 0 Å². The molecule has 82 valence electrons.